The van der Waals surface area contributed by atoms with Gasteiger partial charge >= 0.3 is 0 Å². The molecular weight excluding hydrogens is 438 g/mol. The summed E-state index contributed by atoms with van der Waals surface area (Å²) in [4.78, 5) is 31.6. The fourth-order valence-electron chi connectivity index (χ4n) is 3.57. The van der Waals surface area contributed by atoms with Gasteiger partial charge in [-0.05, 0) is 13.3 Å². The average Bonchev–Trinajstić information content (AvgIpc) is 3.26. The zero-order valence-corrected chi connectivity index (χ0v) is 20.1. The standard InChI is InChI=1S/C17H25N5O5.C7H8/c1-10(2)16(24)21-17(18-3)20-15-12(5-23)19-8-22(15)11-4-13-14(26-6-11)7-25-9-27-13;1-7-5-3-2-4-6-7/h5,8,10-11,13-14H,4,6-7,9H2,1-3H3,(H2,18,20,21,24);2-6H,1H3. The monoisotopic (exact) mass is 471 g/mol. The van der Waals surface area contributed by atoms with Gasteiger partial charge in [-0.3, -0.25) is 19.9 Å². The number of hydrogen-bond acceptors (Lipinski definition) is 7. The molecule has 1 aromatic heterocycles. The molecule has 10 heteroatoms. The molecule has 2 aromatic rings. The number of rotatable bonds is 4. The highest BCUT2D eigenvalue weighted by molar-refractivity contribution is 6.05. The van der Waals surface area contributed by atoms with Gasteiger partial charge in [0.15, 0.2) is 6.29 Å². The van der Waals surface area contributed by atoms with Crippen molar-refractivity contribution in [2.75, 3.05) is 32.4 Å². The van der Waals surface area contributed by atoms with Crippen molar-refractivity contribution in [3.05, 3.63) is 47.9 Å². The van der Waals surface area contributed by atoms with Gasteiger partial charge in [0.1, 0.15) is 24.4 Å². The number of ether oxygens (including phenoxy) is 3. The molecule has 1 aromatic carbocycles. The molecule has 0 bridgehead atoms. The smallest absolute Gasteiger partial charge is 0.229 e. The zero-order valence-electron chi connectivity index (χ0n) is 20.1. The van der Waals surface area contributed by atoms with E-state index in [0.717, 1.165) is 0 Å². The molecule has 0 radical (unpaired) electrons. The van der Waals surface area contributed by atoms with Crippen LogP contribution in [0.1, 0.15) is 42.4 Å². The van der Waals surface area contributed by atoms with Crippen molar-refractivity contribution in [2.24, 2.45) is 10.9 Å². The number of hydrogen-bond donors (Lipinski definition) is 2. The highest BCUT2D eigenvalue weighted by Gasteiger charge is 2.36. The van der Waals surface area contributed by atoms with Crippen LogP contribution < -0.4 is 10.6 Å². The van der Waals surface area contributed by atoms with E-state index in [9.17, 15) is 9.59 Å². The van der Waals surface area contributed by atoms with Crippen LogP contribution in [0, 0.1) is 12.8 Å². The maximum absolute atomic E-state index is 12.0. The van der Waals surface area contributed by atoms with E-state index >= 15 is 0 Å². The first-order valence-electron chi connectivity index (χ1n) is 11.3. The van der Waals surface area contributed by atoms with Crippen LogP contribution in [0.5, 0.6) is 0 Å². The van der Waals surface area contributed by atoms with Crippen molar-refractivity contribution < 1.29 is 23.8 Å². The molecule has 2 aliphatic rings. The molecule has 0 aliphatic carbocycles. The molecular formula is C24H33N5O5. The van der Waals surface area contributed by atoms with Gasteiger partial charge in [0.25, 0.3) is 0 Å². The molecule has 2 saturated heterocycles. The molecule has 3 heterocycles. The van der Waals surface area contributed by atoms with Gasteiger partial charge in [0.2, 0.25) is 11.9 Å². The van der Waals surface area contributed by atoms with E-state index in [1.807, 2.05) is 22.8 Å². The molecule has 184 valence electrons. The van der Waals surface area contributed by atoms with Crippen LogP contribution in [0.3, 0.4) is 0 Å². The number of amides is 1. The summed E-state index contributed by atoms with van der Waals surface area (Å²) in [6, 6.07) is 10.2. The second-order valence-corrected chi connectivity index (χ2v) is 8.45. The summed E-state index contributed by atoms with van der Waals surface area (Å²) in [5.41, 5.74) is 1.55. The molecule has 0 saturated carbocycles. The summed E-state index contributed by atoms with van der Waals surface area (Å²) >= 11 is 0. The Labute approximate surface area is 199 Å². The van der Waals surface area contributed by atoms with Gasteiger partial charge < -0.3 is 24.1 Å². The number of aldehydes is 1. The number of carbonyl (C=O) groups is 2. The maximum atomic E-state index is 12.0. The Morgan fingerprint density at radius 2 is 1.97 bits per heavy atom. The van der Waals surface area contributed by atoms with Crippen LogP contribution in [-0.2, 0) is 19.0 Å². The fourth-order valence-corrected chi connectivity index (χ4v) is 3.57. The lowest BCUT2D eigenvalue weighted by Gasteiger charge is -2.39. The second-order valence-electron chi connectivity index (χ2n) is 8.45. The lowest BCUT2D eigenvalue weighted by molar-refractivity contribution is -0.231. The number of nitrogens with zero attached hydrogens (tertiary/aromatic N) is 3. The average molecular weight is 472 g/mol. The summed E-state index contributed by atoms with van der Waals surface area (Å²) in [6.07, 6.45) is 2.78. The molecule has 3 unspecified atom stereocenters. The molecule has 3 atom stereocenters. The van der Waals surface area contributed by atoms with Gasteiger partial charge in [-0.25, -0.2) is 4.98 Å². The van der Waals surface area contributed by atoms with Crippen molar-refractivity contribution in [3.8, 4) is 0 Å². The summed E-state index contributed by atoms with van der Waals surface area (Å²) in [5.74, 6) is 0.318. The Kier molecular flexibility index (Phi) is 9.32. The molecule has 0 spiro atoms. The van der Waals surface area contributed by atoms with Crippen LogP contribution in [0.2, 0.25) is 0 Å². The first kappa shape index (κ1) is 25.5. The van der Waals surface area contributed by atoms with Gasteiger partial charge in [0, 0.05) is 13.0 Å². The third-order valence-electron chi connectivity index (χ3n) is 5.56. The molecule has 34 heavy (non-hydrogen) atoms. The van der Waals surface area contributed by atoms with Crippen LogP contribution in [-0.4, -0.2) is 67.0 Å². The Morgan fingerprint density at radius 1 is 1.21 bits per heavy atom. The number of imidazole rings is 1. The minimum absolute atomic E-state index is 0.0765. The number of aryl methyl sites for hydroxylation is 1. The topological polar surface area (TPSA) is 116 Å². The minimum atomic E-state index is -0.201. The van der Waals surface area contributed by atoms with Gasteiger partial charge in [-0.1, -0.05) is 49.7 Å². The fraction of sp³-hybridized carbons (Fsp3) is 0.500. The van der Waals surface area contributed by atoms with E-state index in [-0.39, 0.29) is 48.5 Å². The Balaban J connectivity index is 0.000000396. The van der Waals surface area contributed by atoms with Crippen LogP contribution in [0.25, 0.3) is 0 Å². The third kappa shape index (κ3) is 6.72. The number of guanidine groups is 1. The summed E-state index contributed by atoms with van der Waals surface area (Å²) < 4.78 is 18.6. The first-order chi connectivity index (χ1) is 16.4. The van der Waals surface area contributed by atoms with Crippen LogP contribution in [0.4, 0.5) is 5.82 Å². The minimum Gasteiger partial charge on any atom is -0.371 e. The first-order valence-corrected chi connectivity index (χ1v) is 11.3. The highest BCUT2D eigenvalue weighted by atomic mass is 16.7. The molecule has 2 aliphatic heterocycles. The SMILES string of the molecule is CN=C(NC(=O)C(C)C)Nc1c(C=O)ncn1C1COC2COCOC2C1.Cc1ccccc1. The van der Waals surface area contributed by atoms with Crippen molar-refractivity contribution in [2.45, 2.75) is 45.4 Å². The number of anilines is 1. The van der Waals surface area contributed by atoms with Crippen LogP contribution >= 0.6 is 0 Å². The molecule has 4 rings (SSSR count). The number of fused-ring (bicyclic) bond motifs is 1. The molecule has 10 nitrogen and oxygen atoms in total. The Morgan fingerprint density at radius 3 is 2.59 bits per heavy atom. The van der Waals surface area contributed by atoms with Crippen molar-refractivity contribution in [1.29, 1.82) is 0 Å². The van der Waals surface area contributed by atoms with Crippen LogP contribution in [0.15, 0.2) is 41.7 Å². The van der Waals surface area contributed by atoms with Gasteiger partial charge in [0.05, 0.1) is 31.7 Å². The van der Waals surface area contributed by atoms with Gasteiger partial charge in [-0.2, -0.15) is 0 Å². The van der Waals surface area contributed by atoms with E-state index in [2.05, 4.69) is 39.7 Å². The predicted molar refractivity (Wildman–Crippen MR) is 128 cm³/mol. The third-order valence-corrected chi connectivity index (χ3v) is 5.56. The van der Waals surface area contributed by atoms with Gasteiger partial charge in [-0.15, -0.1) is 0 Å². The number of carbonyl (C=O) groups excluding carboxylic acids is 2. The van der Waals surface area contributed by atoms with Crippen molar-refractivity contribution in [1.82, 2.24) is 14.9 Å². The van der Waals surface area contributed by atoms with Crippen molar-refractivity contribution in [3.63, 3.8) is 0 Å². The number of nitrogens with one attached hydrogen (secondary N) is 2. The van der Waals surface area contributed by atoms with E-state index in [0.29, 0.717) is 31.7 Å². The van der Waals surface area contributed by atoms with E-state index in [4.69, 9.17) is 14.2 Å². The molecule has 1 amide bonds. The highest BCUT2D eigenvalue weighted by Crippen LogP contribution is 2.31. The second kappa shape index (κ2) is 12.4. The number of aromatic nitrogens is 2. The zero-order chi connectivity index (χ0) is 24.5. The Bertz CT molecular complexity index is 975. The number of benzene rings is 1. The quantitative estimate of drug-likeness (QED) is 0.400. The molecule has 2 fully saturated rings. The Hall–Kier alpha value is -3.08. The predicted octanol–water partition coefficient (Wildman–Crippen LogP) is 2.56. The largest absolute Gasteiger partial charge is 0.371 e. The summed E-state index contributed by atoms with van der Waals surface area (Å²) in [5, 5.41) is 5.72. The maximum Gasteiger partial charge on any atom is 0.229 e. The van der Waals surface area contributed by atoms with Crippen molar-refractivity contribution >= 4 is 24.0 Å². The number of aliphatic imine (C=N–C) groups is 1. The van der Waals surface area contributed by atoms with E-state index in [1.54, 1.807) is 27.2 Å². The van der Waals surface area contributed by atoms with E-state index in [1.165, 1.54) is 5.56 Å². The summed E-state index contributed by atoms with van der Waals surface area (Å²) in [6.45, 7) is 6.86. The lowest BCUT2D eigenvalue weighted by Crippen LogP contribution is -2.47. The lowest BCUT2D eigenvalue weighted by atomic mass is 10.0. The summed E-state index contributed by atoms with van der Waals surface area (Å²) in [7, 11) is 1.55. The van der Waals surface area contributed by atoms with E-state index < -0.39 is 0 Å². The molecule has 2 N–H and O–H groups in total. The normalized spacial score (nSPS) is 22.3.